The van der Waals surface area contributed by atoms with Gasteiger partial charge in [0.15, 0.2) is 11.6 Å². The van der Waals surface area contributed by atoms with Gasteiger partial charge in [0.05, 0.1) is 31.6 Å². The number of carbonyl (C=O) groups is 1. The van der Waals surface area contributed by atoms with Crippen LogP contribution in [0.5, 0.6) is 0 Å². The van der Waals surface area contributed by atoms with E-state index in [1.807, 2.05) is 59.5 Å². The minimum Gasteiger partial charge on any atom is -0.377 e. The lowest BCUT2D eigenvalue weighted by Crippen LogP contribution is -2.58. The Morgan fingerprint density at radius 3 is 2.75 bits per heavy atom. The van der Waals surface area contributed by atoms with Gasteiger partial charge in [-0.1, -0.05) is 30.3 Å². The monoisotopic (exact) mass is 500 g/mol. The van der Waals surface area contributed by atoms with Crippen LogP contribution in [0.25, 0.3) is 22.6 Å². The number of carbonyl (C=O) groups excluding carboxylic acids is 1. The summed E-state index contributed by atoms with van der Waals surface area (Å²) in [4.78, 5) is 27.6. The van der Waals surface area contributed by atoms with Crippen LogP contribution in [0.4, 0.5) is 11.5 Å². The molecule has 2 unspecified atom stereocenters. The fraction of sp³-hybridized carbons (Fsp3) is 0.231. The van der Waals surface area contributed by atoms with E-state index < -0.39 is 16.8 Å². The molecule has 0 aliphatic carbocycles. The highest BCUT2D eigenvalue weighted by Crippen LogP contribution is 2.37. The van der Waals surface area contributed by atoms with Crippen LogP contribution in [0, 0.1) is 0 Å². The molecule has 0 saturated carbocycles. The Hall–Kier alpha value is -3.89. The fourth-order valence-electron chi connectivity index (χ4n) is 4.64. The smallest absolute Gasteiger partial charge is 0.252 e. The van der Waals surface area contributed by atoms with Crippen LogP contribution in [-0.2, 0) is 26.9 Å². The molecule has 1 N–H and O–H groups in total. The van der Waals surface area contributed by atoms with Crippen molar-refractivity contribution in [2.45, 2.75) is 17.5 Å². The third kappa shape index (κ3) is 4.08. The van der Waals surface area contributed by atoms with E-state index in [4.69, 9.17) is 9.72 Å². The van der Waals surface area contributed by atoms with Gasteiger partial charge in [-0.2, -0.15) is 5.10 Å². The van der Waals surface area contributed by atoms with Crippen LogP contribution in [-0.4, -0.2) is 62.3 Å². The van der Waals surface area contributed by atoms with Gasteiger partial charge in [0, 0.05) is 45.8 Å². The molecule has 9 nitrogen and oxygen atoms in total. The molecular weight excluding hydrogens is 476 g/mol. The van der Waals surface area contributed by atoms with E-state index in [2.05, 4.69) is 15.2 Å². The molecule has 1 fully saturated rings. The van der Waals surface area contributed by atoms with Crippen LogP contribution >= 0.6 is 0 Å². The van der Waals surface area contributed by atoms with Gasteiger partial charge in [0.1, 0.15) is 11.7 Å². The number of amides is 1. The number of anilines is 2. The number of hydrogen-bond acceptors (Lipinski definition) is 7. The van der Waals surface area contributed by atoms with E-state index in [1.54, 1.807) is 23.5 Å². The lowest BCUT2D eigenvalue weighted by Gasteiger charge is -2.43. The zero-order valence-electron chi connectivity index (χ0n) is 19.6. The number of aromatic amines is 1. The van der Waals surface area contributed by atoms with Crippen molar-refractivity contribution in [2.75, 3.05) is 35.8 Å². The molecule has 10 heteroatoms. The number of rotatable bonds is 5. The molecule has 36 heavy (non-hydrogen) atoms. The van der Waals surface area contributed by atoms with Crippen molar-refractivity contribution in [2.24, 2.45) is 0 Å². The lowest BCUT2D eigenvalue weighted by atomic mass is 10.1. The molecule has 2 atom stereocenters. The molecule has 4 aromatic rings. The molecular formula is C26H24N6O3S. The summed E-state index contributed by atoms with van der Waals surface area (Å²) in [5.41, 5.74) is 4.39. The van der Waals surface area contributed by atoms with Crippen molar-refractivity contribution in [3.63, 3.8) is 0 Å². The third-order valence-electron chi connectivity index (χ3n) is 6.52. The largest absolute Gasteiger partial charge is 0.377 e. The van der Waals surface area contributed by atoms with E-state index in [9.17, 15) is 9.00 Å². The van der Waals surface area contributed by atoms with Crippen molar-refractivity contribution in [3.05, 3.63) is 72.6 Å². The Bertz CT molecular complexity index is 1440. The highest BCUT2D eigenvalue weighted by Gasteiger charge is 2.41. The van der Waals surface area contributed by atoms with Gasteiger partial charge >= 0.3 is 0 Å². The molecule has 1 saturated heterocycles. The summed E-state index contributed by atoms with van der Waals surface area (Å²) < 4.78 is 17.4. The quantitative estimate of drug-likeness (QED) is 0.449. The zero-order chi connectivity index (χ0) is 24.6. The number of benzene rings is 2. The predicted octanol–water partition coefficient (Wildman–Crippen LogP) is 3.02. The van der Waals surface area contributed by atoms with E-state index in [1.165, 1.54) is 0 Å². The van der Waals surface area contributed by atoms with Gasteiger partial charge in [-0.05, 0) is 29.8 Å². The molecule has 0 spiro atoms. The SMILES string of the molecule is CS(=O)c1ccc(CN2C(=O)C3COCCN3c3nc(-c4cccc(-c5ccn[nH]5)c4)ncc32)cc1. The summed E-state index contributed by atoms with van der Waals surface area (Å²) in [6, 6.07) is 16.9. The van der Waals surface area contributed by atoms with Crippen molar-refractivity contribution >= 4 is 28.2 Å². The topological polar surface area (TPSA) is 104 Å². The molecule has 182 valence electrons. The number of nitrogens with one attached hydrogen (secondary N) is 1. The highest BCUT2D eigenvalue weighted by atomic mass is 32.2. The number of fused-ring (bicyclic) bond motifs is 3. The normalized spacial score (nSPS) is 18.0. The first-order valence-corrected chi connectivity index (χ1v) is 13.2. The number of ether oxygens (including phenoxy) is 1. The van der Waals surface area contributed by atoms with Crippen LogP contribution in [0.2, 0.25) is 0 Å². The second-order valence-corrected chi connectivity index (χ2v) is 10.1. The van der Waals surface area contributed by atoms with Gasteiger partial charge in [0.2, 0.25) is 0 Å². The van der Waals surface area contributed by atoms with Gasteiger partial charge in [-0.25, -0.2) is 9.97 Å². The second-order valence-electron chi connectivity index (χ2n) is 8.76. The van der Waals surface area contributed by atoms with Crippen LogP contribution in [0.1, 0.15) is 5.56 Å². The van der Waals surface area contributed by atoms with Crippen molar-refractivity contribution in [3.8, 4) is 22.6 Å². The Labute approximate surface area is 210 Å². The third-order valence-corrected chi connectivity index (χ3v) is 7.46. The Morgan fingerprint density at radius 2 is 1.97 bits per heavy atom. The Morgan fingerprint density at radius 1 is 1.14 bits per heavy atom. The standard InChI is InChI=1S/C26H24N6O3S/c1-36(34)20-7-5-17(6-8-20)15-32-22-14-27-24(19-4-2-3-18(13-19)21-9-10-28-30-21)29-25(22)31-11-12-35-16-23(31)26(32)33/h2-10,13-14,23H,11-12,15-16H2,1H3,(H,28,30). The number of morpholine rings is 1. The zero-order valence-corrected chi connectivity index (χ0v) is 20.4. The number of aromatic nitrogens is 4. The maximum absolute atomic E-state index is 13.5. The van der Waals surface area contributed by atoms with Gasteiger partial charge in [-0.15, -0.1) is 0 Å². The van der Waals surface area contributed by atoms with Crippen molar-refractivity contribution in [1.29, 1.82) is 0 Å². The molecule has 2 aliphatic rings. The van der Waals surface area contributed by atoms with Crippen LogP contribution in [0.15, 0.2) is 71.9 Å². The number of H-pyrrole nitrogens is 1. The summed E-state index contributed by atoms with van der Waals surface area (Å²) in [6.45, 7) is 1.80. The van der Waals surface area contributed by atoms with Gasteiger partial charge in [-0.3, -0.25) is 14.1 Å². The average molecular weight is 501 g/mol. The first-order chi connectivity index (χ1) is 17.6. The predicted molar refractivity (Wildman–Crippen MR) is 137 cm³/mol. The van der Waals surface area contributed by atoms with Gasteiger partial charge in [0.25, 0.3) is 5.91 Å². The van der Waals surface area contributed by atoms with Crippen LogP contribution < -0.4 is 9.80 Å². The van der Waals surface area contributed by atoms with E-state index >= 15 is 0 Å². The number of hydrogen-bond donors (Lipinski definition) is 1. The molecule has 6 rings (SSSR count). The molecule has 1 amide bonds. The molecule has 2 aromatic carbocycles. The lowest BCUT2D eigenvalue weighted by molar-refractivity contribution is -0.122. The summed E-state index contributed by atoms with van der Waals surface area (Å²) in [6.07, 6.45) is 5.10. The average Bonchev–Trinajstić information content (AvgIpc) is 3.46. The summed E-state index contributed by atoms with van der Waals surface area (Å²) in [5.74, 6) is 1.28. The number of nitrogens with zero attached hydrogens (tertiary/aromatic N) is 5. The molecule has 4 heterocycles. The highest BCUT2D eigenvalue weighted by molar-refractivity contribution is 7.84. The summed E-state index contributed by atoms with van der Waals surface area (Å²) >= 11 is 0. The first-order valence-electron chi connectivity index (χ1n) is 11.6. The fourth-order valence-corrected chi connectivity index (χ4v) is 5.16. The Kier molecular flexibility index (Phi) is 5.82. The second kappa shape index (κ2) is 9.29. The van der Waals surface area contributed by atoms with E-state index in [0.717, 1.165) is 33.1 Å². The minimum absolute atomic E-state index is 0.0389. The van der Waals surface area contributed by atoms with E-state index in [0.29, 0.717) is 37.8 Å². The first kappa shape index (κ1) is 22.6. The van der Waals surface area contributed by atoms with Gasteiger partial charge < -0.3 is 14.5 Å². The Balaban J connectivity index is 1.39. The maximum Gasteiger partial charge on any atom is 0.252 e. The van der Waals surface area contributed by atoms with Crippen LogP contribution in [0.3, 0.4) is 0 Å². The summed E-state index contributed by atoms with van der Waals surface area (Å²) in [7, 11) is -1.05. The van der Waals surface area contributed by atoms with Crippen molar-refractivity contribution < 1.29 is 13.7 Å². The van der Waals surface area contributed by atoms with Crippen molar-refractivity contribution in [1.82, 2.24) is 20.2 Å². The molecule has 2 aromatic heterocycles. The minimum atomic E-state index is -1.05. The summed E-state index contributed by atoms with van der Waals surface area (Å²) in [5, 5.41) is 7.03. The van der Waals surface area contributed by atoms with E-state index in [-0.39, 0.29) is 5.91 Å². The molecule has 0 bridgehead atoms. The molecule has 2 aliphatic heterocycles. The maximum atomic E-state index is 13.5. The molecule has 0 radical (unpaired) electrons.